The molecule has 0 amide bonds. The molecule has 4 nitrogen and oxygen atoms in total. The first kappa shape index (κ1) is 14.9. The fourth-order valence-electron chi connectivity index (χ4n) is 2.64. The number of ether oxygens (including phenoxy) is 1. The Balaban J connectivity index is 2.43. The van der Waals surface area contributed by atoms with Crippen LogP contribution in [-0.2, 0) is 4.74 Å². The van der Waals surface area contributed by atoms with Gasteiger partial charge in [0.15, 0.2) is 0 Å². The molecule has 0 spiro atoms. The SMILES string of the molecule is COC(C(NN)c1ccc2ncccc2c1)C(C)(C)C. The van der Waals surface area contributed by atoms with E-state index in [4.69, 9.17) is 10.6 Å². The van der Waals surface area contributed by atoms with Crippen LogP contribution in [0.4, 0.5) is 0 Å². The van der Waals surface area contributed by atoms with Crippen LogP contribution in [0.1, 0.15) is 32.4 Å². The third-order valence-electron chi connectivity index (χ3n) is 3.58. The summed E-state index contributed by atoms with van der Waals surface area (Å²) in [5.41, 5.74) is 4.97. The van der Waals surface area contributed by atoms with Crippen LogP contribution in [0.15, 0.2) is 36.5 Å². The van der Waals surface area contributed by atoms with E-state index in [-0.39, 0.29) is 17.6 Å². The molecule has 0 aliphatic rings. The van der Waals surface area contributed by atoms with Crippen molar-refractivity contribution in [2.24, 2.45) is 11.3 Å². The molecule has 2 aromatic rings. The minimum Gasteiger partial charge on any atom is -0.379 e. The molecule has 2 rings (SSSR count). The van der Waals surface area contributed by atoms with Gasteiger partial charge in [0, 0.05) is 18.7 Å². The molecule has 0 aliphatic carbocycles. The van der Waals surface area contributed by atoms with E-state index in [2.05, 4.69) is 49.4 Å². The molecule has 20 heavy (non-hydrogen) atoms. The van der Waals surface area contributed by atoms with Gasteiger partial charge in [-0.1, -0.05) is 32.9 Å². The number of aromatic nitrogens is 1. The van der Waals surface area contributed by atoms with Gasteiger partial charge in [-0.15, -0.1) is 0 Å². The highest BCUT2D eigenvalue weighted by molar-refractivity contribution is 5.79. The van der Waals surface area contributed by atoms with Gasteiger partial charge in [0.05, 0.1) is 17.7 Å². The van der Waals surface area contributed by atoms with E-state index in [1.165, 1.54) is 0 Å². The molecule has 108 valence electrons. The van der Waals surface area contributed by atoms with Crippen LogP contribution in [0, 0.1) is 5.41 Å². The molecule has 0 fully saturated rings. The molecule has 0 aliphatic heterocycles. The van der Waals surface area contributed by atoms with Crippen LogP contribution in [-0.4, -0.2) is 18.2 Å². The van der Waals surface area contributed by atoms with Gasteiger partial charge in [0.2, 0.25) is 0 Å². The van der Waals surface area contributed by atoms with Crippen molar-refractivity contribution in [2.75, 3.05) is 7.11 Å². The normalized spacial score (nSPS) is 15.2. The fourth-order valence-corrected chi connectivity index (χ4v) is 2.64. The van der Waals surface area contributed by atoms with Crippen molar-refractivity contribution in [1.29, 1.82) is 0 Å². The van der Waals surface area contributed by atoms with E-state index < -0.39 is 0 Å². The highest BCUT2D eigenvalue weighted by Crippen LogP contribution is 2.32. The van der Waals surface area contributed by atoms with Gasteiger partial charge >= 0.3 is 0 Å². The van der Waals surface area contributed by atoms with Gasteiger partial charge in [-0.25, -0.2) is 0 Å². The van der Waals surface area contributed by atoms with E-state index in [0.29, 0.717) is 0 Å². The predicted molar refractivity (Wildman–Crippen MR) is 82.1 cm³/mol. The smallest absolute Gasteiger partial charge is 0.0827 e. The van der Waals surface area contributed by atoms with Gasteiger partial charge in [-0.2, -0.15) is 0 Å². The van der Waals surface area contributed by atoms with Crippen LogP contribution in [0.2, 0.25) is 0 Å². The van der Waals surface area contributed by atoms with Crippen LogP contribution < -0.4 is 11.3 Å². The zero-order valence-electron chi connectivity index (χ0n) is 12.6. The maximum absolute atomic E-state index is 5.78. The fraction of sp³-hybridized carbons (Fsp3) is 0.438. The van der Waals surface area contributed by atoms with Crippen LogP contribution in [0.5, 0.6) is 0 Å². The minimum atomic E-state index is -0.0652. The molecule has 2 atom stereocenters. The number of methoxy groups -OCH3 is 1. The van der Waals surface area contributed by atoms with E-state index in [1.54, 1.807) is 13.3 Å². The Morgan fingerprint density at radius 2 is 2.00 bits per heavy atom. The Morgan fingerprint density at radius 3 is 2.60 bits per heavy atom. The van der Waals surface area contributed by atoms with E-state index in [1.807, 2.05) is 12.1 Å². The summed E-state index contributed by atoms with van der Waals surface area (Å²) in [5, 5.41) is 1.11. The monoisotopic (exact) mass is 273 g/mol. The molecule has 0 saturated carbocycles. The number of nitrogens with zero attached hydrogens (tertiary/aromatic N) is 1. The van der Waals surface area contributed by atoms with Gasteiger partial charge in [-0.3, -0.25) is 16.3 Å². The zero-order chi connectivity index (χ0) is 14.8. The third kappa shape index (κ3) is 2.98. The first-order valence-corrected chi connectivity index (χ1v) is 6.81. The molecule has 0 saturated heterocycles. The topological polar surface area (TPSA) is 60.2 Å². The minimum absolute atomic E-state index is 0.0182. The number of fused-ring (bicyclic) bond motifs is 1. The van der Waals surface area contributed by atoms with Gasteiger partial charge < -0.3 is 4.74 Å². The summed E-state index contributed by atoms with van der Waals surface area (Å²) in [6, 6.07) is 10.1. The number of benzene rings is 1. The van der Waals surface area contributed by atoms with Crippen molar-refractivity contribution in [2.45, 2.75) is 32.9 Å². The number of hydrazine groups is 1. The summed E-state index contributed by atoms with van der Waals surface area (Å²) in [5.74, 6) is 5.78. The summed E-state index contributed by atoms with van der Waals surface area (Å²) >= 11 is 0. The number of nitrogens with one attached hydrogen (secondary N) is 1. The lowest BCUT2D eigenvalue weighted by Gasteiger charge is -2.35. The number of nitrogens with two attached hydrogens (primary N) is 1. The van der Waals surface area contributed by atoms with Crippen molar-refractivity contribution < 1.29 is 4.74 Å². The quantitative estimate of drug-likeness (QED) is 0.664. The van der Waals surface area contributed by atoms with Crippen molar-refractivity contribution >= 4 is 10.9 Å². The first-order valence-electron chi connectivity index (χ1n) is 6.81. The maximum atomic E-state index is 5.78. The molecule has 0 radical (unpaired) electrons. The lowest BCUT2D eigenvalue weighted by atomic mass is 9.82. The Morgan fingerprint density at radius 1 is 1.25 bits per heavy atom. The van der Waals surface area contributed by atoms with Gasteiger partial charge in [0.25, 0.3) is 0 Å². The maximum Gasteiger partial charge on any atom is 0.0827 e. The Labute approximate surface area is 120 Å². The second-order valence-electron chi connectivity index (χ2n) is 6.12. The van der Waals surface area contributed by atoms with Crippen LogP contribution in [0.25, 0.3) is 10.9 Å². The molecular weight excluding hydrogens is 250 g/mol. The summed E-state index contributed by atoms with van der Waals surface area (Å²) in [6.45, 7) is 6.44. The van der Waals surface area contributed by atoms with Crippen LogP contribution in [0.3, 0.4) is 0 Å². The zero-order valence-corrected chi connectivity index (χ0v) is 12.6. The Bertz CT molecular complexity index is 577. The van der Waals surface area contributed by atoms with E-state index in [0.717, 1.165) is 16.5 Å². The summed E-state index contributed by atoms with van der Waals surface area (Å²) in [4.78, 5) is 4.34. The van der Waals surface area contributed by atoms with Crippen molar-refractivity contribution in [3.8, 4) is 0 Å². The molecule has 1 aromatic carbocycles. The van der Waals surface area contributed by atoms with Crippen LogP contribution >= 0.6 is 0 Å². The average Bonchev–Trinajstić information content (AvgIpc) is 2.42. The third-order valence-corrected chi connectivity index (χ3v) is 3.58. The average molecular weight is 273 g/mol. The second-order valence-corrected chi connectivity index (χ2v) is 6.12. The summed E-state index contributed by atoms with van der Waals surface area (Å²) in [6.07, 6.45) is 1.77. The highest BCUT2D eigenvalue weighted by atomic mass is 16.5. The first-order chi connectivity index (χ1) is 9.47. The predicted octanol–water partition coefficient (Wildman–Crippen LogP) is 2.80. The molecular formula is C16H23N3O. The van der Waals surface area contributed by atoms with Crippen molar-refractivity contribution in [1.82, 2.24) is 10.4 Å². The Hall–Kier alpha value is -1.49. The Kier molecular flexibility index (Phi) is 4.38. The number of hydrogen-bond acceptors (Lipinski definition) is 4. The van der Waals surface area contributed by atoms with Gasteiger partial charge in [-0.05, 0) is 29.2 Å². The molecule has 0 bridgehead atoms. The van der Waals surface area contributed by atoms with E-state index >= 15 is 0 Å². The molecule has 2 unspecified atom stereocenters. The number of pyridine rings is 1. The molecule has 4 heteroatoms. The summed E-state index contributed by atoms with van der Waals surface area (Å²) < 4.78 is 5.68. The van der Waals surface area contributed by atoms with Gasteiger partial charge in [0.1, 0.15) is 0 Å². The largest absolute Gasteiger partial charge is 0.379 e. The number of hydrogen-bond donors (Lipinski definition) is 2. The highest BCUT2D eigenvalue weighted by Gasteiger charge is 2.32. The lowest BCUT2D eigenvalue weighted by molar-refractivity contribution is -0.0120. The van der Waals surface area contributed by atoms with Crippen molar-refractivity contribution in [3.63, 3.8) is 0 Å². The lowest BCUT2D eigenvalue weighted by Crippen LogP contribution is -2.44. The summed E-state index contributed by atoms with van der Waals surface area (Å²) in [7, 11) is 1.73. The standard InChI is InChI=1S/C16H23N3O/c1-16(2,3)15(20-4)14(19-17)12-7-8-13-11(10-12)6-5-9-18-13/h5-10,14-15,19H,17H2,1-4H3. The molecule has 3 N–H and O–H groups in total. The molecule has 1 heterocycles. The van der Waals surface area contributed by atoms with E-state index in [9.17, 15) is 0 Å². The molecule has 1 aromatic heterocycles. The second kappa shape index (κ2) is 5.87. The number of rotatable bonds is 4. The van der Waals surface area contributed by atoms with Crippen molar-refractivity contribution in [3.05, 3.63) is 42.1 Å².